The van der Waals surface area contributed by atoms with E-state index < -0.39 is 0 Å². The van der Waals surface area contributed by atoms with Crippen LogP contribution in [0.25, 0.3) is 0 Å². The van der Waals surface area contributed by atoms with E-state index in [1.165, 1.54) is 141 Å². The second-order valence-electron chi connectivity index (χ2n) is 12.0. The monoisotopic (exact) mass is 586 g/mol. The van der Waals surface area contributed by atoms with Gasteiger partial charge in [-0.1, -0.05) is 140 Å². The molecule has 0 bridgehead atoms. The lowest BCUT2D eigenvalue weighted by molar-refractivity contribution is 0.121. The molecule has 0 saturated carbocycles. The number of hydrogen-bond donors (Lipinski definition) is 1. The highest BCUT2D eigenvalue weighted by Gasteiger charge is 2.11. The zero-order valence-corrected chi connectivity index (χ0v) is 28.4. The molecule has 0 saturated heterocycles. The molecule has 0 rings (SSSR count). The third-order valence-electron chi connectivity index (χ3n) is 7.90. The van der Waals surface area contributed by atoms with Gasteiger partial charge in [0.25, 0.3) is 0 Å². The SMILES string of the molecule is CCCCC/C=C\C/C=C\CCCCCCCC(CCCCCCC/C=C\C/C=C\CCCCC)COC(=O)NCC. The average Bonchev–Trinajstić information content (AvgIpc) is 2.99. The van der Waals surface area contributed by atoms with E-state index in [-0.39, 0.29) is 6.09 Å². The first kappa shape index (κ1) is 40.2. The van der Waals surface area contributed by atoms with Gasteiger partial charge in [-0.15, -0.1) is 0 Å². The molecule has 0 fully saturated rings. The molecule has 0 unspecified atom stereocenters. The minimum atomic E-state index is -0.262. The summed E-state index contributed by atoms with van der Waals surface area (Å²) in [6.07, 6.45) is 48.7. The third kappa shape index (κ3) is 32.7. The Morgan fingerprint density at radius 2 is 0.905 bits per heavy atom. The molecule has 0 aromatic heterocycles. The second-order valence-corrected chi connectivity index (χ2v) is 12.0. The van der Waals surface area contributed by atoms with Gasteiger partial charge in [0.05, 0.1) is 6.61 Å². The molecule has 0 radical (unpaired) electrons. The van der Waals surface area contributed by atoms with Gasteiger partial charge in [-0.2, -0.15) is 0 Å². The molecule has 0 aromatic rings. The van der Waals surface area contributed by atoms with Crippen LogP contribution in [0.1, 0.15) is 175 Å². The predicted molar refractivity (Wildman–Crippen MR) is 187 cm³/mol. The quantitative estimate of drug-likeness (QED) is 0.0649. The molecule has 3 nitrogen and oxygen atoms in total. The maximum absolute atomic E-state index is 11.8. The minimum Gasteiger partial charge on any atom is -0.449 e. The fraction of sp³-hybridized carbons (Fsp3) is 0.769. The number of carbonyl (C=O) groups excluding carboxylic acids is 1. The molecular formula is C39H71NO2. The summed E-state index contributed by atoms with van der Waals surface area (Å²) in [4.78, 5) is 11.8. The number of ether oxygens (including phenoxy) is 1. The van der Waals surface area contributed by atoms with Crippen LogP contribution < -0.4 is 5.32 Å². The van der Waals surface area contributed by atoms with Crippen molar-refractivity contribution in [3.8, 4) is 0 Å². The molecule has 0 spiro atoms. The zero-order chi connectivity index (χ0) is 30.6. The zero-order valence-electron chi connectivity index (χ0n) is 28.4. The molecule has 0 aliphatic rings. The molecule has 0 aliphatic heterocycles. The van der Waals surface area contributed by atoms with Crippen molar-refractivity contribution in [1.29, 1.82) is 0 Å². The molecule has 0 aromatic carbocycles. The minimum absolute atomic E-state index is 0.262. The lowest BCUT2D eigenvalue weighted by Gasteiger charge is -2.17. The second kappa shape index (κ2) is 35.4. The summed E-state index contributed by atoms with van der Waals surface area (Å²) in [6.45, 7) is 7.65. The molecule has 0 atom stereocenters. The van der Waals surface area contributed by atoms with E-state index in [4.69, 9.17) is 4.74 Å². The van der Waals surface area contributed by atoms with E-state index in [0.717, 1.165) is 12.8 Å². The average molecular weight is 586 g/mol. The summed E-state index contributed by atoms with van der Waals surface area (Å²) < 4.78 is 5.52. The van der Waals surface area contributed by atoms with Gasteiger partial charge in [-0.3, -0.25) is 0 Å². The van der Waals surface area contributed by atoms with E-state index >= 15 is 0 Å². The Morgan fingerprint density at radius 1 is 0.524 bits per heavy atom. The van der Waals surface area contributed by atoms with Crippen LogP contribution in [-0.2, 0) is 4.74 Å². The van der Waals surface area contributed by atoms with Crippen molar-refractivity contribution < 1.29 is 9.53 Å². The van der Waals surface area contributed by atoms with Crippen molar-refractivity contribution in [2.24, 2.45) is 5.92 Å². The number of amides is 1. The highest BCUT2D eigenvalue weighted by atomic mass is 16.5. The van der Waals surface area contributed by atoms with Crippen molar-refractivity contribution in [3.05, 3.63) is 48.6 Å². The Labute approximate surface area is 263 Å². The summed E-state index contributed by atoms with van der Waals surface area (Å²) in [7, 11) is 0. The Morgan fingerprint density at radius 3 is 1.31 bits per heavy atom. The molecule has 42 heavy (non-hydrogen) atoms. The van der Waals surface area contributed by atoms with Crippen molar-refractivity contribution in [2.45, 2.75) is 175 Å². The van der Waals surface area contributed by atoms with Crippen LogP contribution in [0.5, 0.6) is 0 Å². The first-order valence-corrected chi connectivity index (χ1v) is 18.2. The lowest BCUT2D eigenvalue weighted by Crippen LogP contribution is -2.26. The third-order valence-corrected chi connectivity index (χ3v) is 7.90. The summed E-state index contributed by atoms with van der Waals surface area (Å²) in [5.41, 5.74) is 0. The van der Waals surface area contributed by atoms with Crippen molar-refractivity contribution in [3.63, 3.8) is 0 Å². The smallest absolute Gasteiger partial charge is 0.407 e. The topological polar surface area (TPSA) is 38.3 Å². The van der Waals surface area contributed by atoms with Crippen LogP contribution in [0.4, 0.5) is 4.79 Å². The molecule has 0 aliphatic carbocycles. The van der Waals surface area contributed by atoms with Gasteiger partial charge < -0.3 is 10.1 Å². The maximum atomic E-state index is 11.8. The largest absolute Gasteiger partial charge is 0.449 e. The highest BCUT2D eigenvalue weighted by molar-refractivity contribution is 5.66. The summed E-state index contributed by atoms with van der Waals surface area (Å²) >= 11 is 0. The summed E-state index contributed by atoms with van der Waals surface area (Å²) in [5.74, 6) is 0.503. The van der Waals surface area contributed by atoms with Crippen molar-refractivity contribution in [1.82, 2.24) is 5.32 Å². The van der Waals surface area contributed by atoms with Crippen LogP contribution in [0, 0.1) is 5.92 Å². The molecular weight excluding hydrogens is 514 g/mol. The predicted octanol–water partition coefficient (Wildman–Crippen LogP) is 13.0. The number of rotatable bonds is 31. The van der Waals surface area contributed by atoms with E-state index in [1.807, 2.05) is 6.92 Å². The van der Waals surface area contributed by atoms with Crippen LogP contribution in [0.15, 0.2) is 48.6 Å². The molecule has 3 heteroatoms. The fourth-order valence-electron chi connectivity index (χ4n) is 5.19. The Kier molecular flexibility index (Phi) is 33.9. The first-order chi connectivity index (χ1) is 20.7. The first-order valence-electron chi connectivity index (χ1n) is 18.2. The van der Waals surface area contributed by atoms with Crippen molar-refractivity contribution >= 4 is 6.09 Å². The van der Waals surface area contributed by atoms with Crippen LogP contribution >= 0.6 is 0 Å². The van der Waals surface area contributed by atoms with Crippen LogP contribution in [-0.4, -0.2) is 19.2 Å². The molecule has 244 valence electrons. The van der Waals surface area contributed by atoms with Gasteiger partial charge in [0, 0.05) is 6.54 Å². The van der Waals surface area contributed by atoms with Crippen molar-refractivity contribution in [2.75, 3.05) is 13.2 Å². The molecule has 1 amide bonds. The van der Waals surface area contributed by atoms with Gasteiger partial charge in [-0.05, 0) is 89.9 Å². The Bertz CT molecular complexity index is 617. The van der Waals surface area contributed by atoms with Crippen LogP contribution in [0.3, 0.4) is 0 Å². The molecule has 1 N–H and O–H groups in total. The summed E-state index contributed by atoms with van der Waals surface area (Å²) in [5, 5.41) is 2.77. The van der Waals surface area contributed by atoms with E-state index in [2.05, 4.69) is 67.8 Å². The maximum Gasteiger partial charge on any atom is 0.407 e. The van der Waals surface area contributed by atoms with Crippen LogP contribution in [0.2, 0.25) is 0 Å². The standard InChI is InChI=1S/C39H71NO2/c1-4-7-9-11-13-15-17-19-21-23-25-27-29-31-33-35-38(37-42-39(41)40-6-3)36-34-32-30-28-26-24-22-20-18-16-14-12-10-8-5-2/h13-16,19-22,38H,4-12,17-18,23-37H2,1-3H3,(H,40,41)/b15-13-,16-14-,21-19-,22-20-. The Balaban J connectivity index is 3.90. The van der Waals surface area contributed by atoms with Gasteiger partial charge in [0.15, 0.2) is 0 Å². The lowest BCUT2D eigenvalue weighted by atomic mass is 9.94. The van der Waals surface area contributed by atoms with Gasteiger partial charge in [-0.25, -0.2) is 4.79 Å². The Hall–Kier alpha value is -1.77. The van der Waals surface area contributed by atoms with Gasteiger partial charge in [0.1, 0.15) is 0 Å². The summed E-state index contributed by atoms with van der Waals surface area (Å²) in [6, 6.07) is 0. The van der Waals surface area contributed by atoms with E-state index in [1.54, 1.807) is 0 Å². The number of alkyl carbamates (subject to hydrolysis) is 1. The van der Waals surface area contributed by atoms with Gasteiger partial charge >= 0.3 is 6.09 Å². The number of allylic oxidation sites excluding steroid dienone is 8. The normalized spacial score (nSPS) is 12.2. The number of hydrogen-bond acceptors (Lipinski definition) is 2. The van der Waals surface area contributed by atoms with E-state index in [0.29, 0.717) is 19.1 Å². The van der Waals surface area contributed by atoms with Gasteiger partial charge in [0.2, 0.25) is 0 Å². The number of unbranched alkanes of at least 4 members (excludes halogenated alkanes) is 16. The van der Waals surface area contributed by atoms with E-state index in [9.17, 15) is 4.79 Å². The number of nitrogens with one attached hydrogen (secondary N) is 1. The molecule has 0 heterocycles. The fourth-order valence-corrected chi connectivity index (χ4v) is 5.19. The highest BCUT2D eigenvalue weighted by Crippen LogP contribution is 2.20. The number of carbonyl (C=O) groups is 1.